The summed E-state index contributed by atoms with van der Waals surface area (Å²) in [6.45, 7) is 0. The number of nitrogens with one attached hydrogen (secondary N) is 1. The van der Waals surface area contributed by atoms with E-state index in [1.54, 1.807) is 12.1 Å². The van der Waals surface area contributed by atoms with Gasteiger partial charge in [-0.25, -0.2) is 4.39 Å². The van der Waals surface area contributed by atoms with Crippen LogP contribution in [-0.2, 0) is 6.42 Å². The molecular weight excluding hydrogens is 261 g/mol. The molecule has 0 aliphatic heterocycles. The van der Waals surface area contributed by atoms with Crippen LogP contribution >= 0.6 is 0 Å². The van der Waals surface area contributed by atoms with Crippen LogP contribution in [0.1, 0.15) is 17.2 Å². The lowest BCUT2D eigenvalue weighted by Crippen LogP contribution is -2.18. The zero-order chi connectivity index (χ0) is 14.7. The number of hydrogen-bond donors (Lipinski definition) is 1. The Balaban J connectivity index is 1.88. The van der Waals surface area contributed by atoms with E-state index < -0.39 is 0 Å². The van der Waals surface area contributed by atoms with Gasteiger partial charge in [-0.05, 0) is 47.5 Å². The summed E-state index contributed by atoms with van der Waals surface area (Å²) in [6.07, 6.45) is 0.838. The lowest BCUT2D eigenvalue weighted by atomic mass is 9.97. The predicted molar refractivity (Wildman–Crippen MR) is 85.9 cm³/mol. The van der Waals surface area contributed by atoms with Crippen molar-refractivity contribution in [3.8, 4) is 0 Å². The maximum absolute atomic E-state index is 13.4. The third-order valence-electron chi connectivity index (χ3n) is 3.85. The predicted octanol–water partition coefficient (Wildman–Crippen LogP) is 4.48. The summed E-state index contributed by atoms with van der Waals surface area (Å²) in [5.41, 5.74) is 2.22. The van der Waals surface area contributed by atoms with Gasteiger partial charge in [0.1, 0.15) is 5.82 Å². The molecule has 3 aromatic carbocycles. The van der Waals surface area contributed by atoms with Crippen molar-refractivity contribution in [2.24, 2.45) is 0 Å². The second-order valence-corrected chi connectivity index (χ2v) is 5.28. The first kappa shape index (κ1) is 13.8. The summed E-state index contributed by atoms with van der Waals surface area (Å²) >= 11 is 0. The van der Waals surface area contributed by atoms with Crippen molar-refractivity contribution in [1.82, 2.24) is 5.32 Å². The summed E-state index contributed by atoms with van der Waals surface area (Å²) < 4.78 is 13.4. The van der Waals surface area contributed by atoms with E-state index in [0.29, 0.717) is 0 Å². The first-order valence-corrected chi connectivity index (χ1v) is 7.16. The average molecular weight is 279 g/mol. The molecule has 0 fully saturated rings. The van der Waals surface area contributed by atoms with Gasteiger partial charge < -0.3 is 5.32 Å². The van der Waals surface area contributed by atoms with Gasteiger partial charge in [0, 0.05) is 6.04 Å². The summed E-state index contributed by atoms with van der Waals surface area (Å²) in [7, 11) is 1.91. The fourth-order valence-corrected chi connectivity index (χ4v) is 2.71. The van der Waals surface area contributed by atoms with E-state index in [4.69, 9.17) is 0 Å². The van der Waals surface area contributed by atoms with Crippen molar-refractivity contribution in [3.05, 3.63) is 83.7 Å². The highest BCUT2D eigenvalue weighted by atomic mass is 19.1. The first-order valence-electron chi connectivity index (χ1n) is 7.16. The Bertz CT molecular complexity index is 751. The molecule has 0 heterocycles. The Kier molecular flexibility index (Phi) is 3.98. The molecule has 21 heavy (non-hydrogen) atoms. The molecule has 2 heteroatoms. The van der Waals surface area contributed by atoms with E-state index in [2.05, 4.69) is 35.6 Å². The van der Waals surface area contributed by atoms with E-state index in [1.807, 2.05) is 25.2 Å². The van der Waals surface area contributed by atoms with E-state index in [1.165, 1.54) is 22.4 Å². The van der Waals surface area contributed by atoms with Gasteiger partial charge in [-0.1, -0.05) is 54.6 Å². The van der Waals surface area contributed by atoms with Crippen LogP contribution in [0.15, 0.2) is 66.7 Å². The second-order valence-electron chi connectivity index (χ2n) is 5.28. The van der Waals surface area contributed by atoms with Gasteiger partial charge in [-0.2, -0.15) is 0 Å². The number of rotatable bonds is 4. The van der Waals surface area contributed by atoms with Crippen LogP contribution in [-0.4, -0.2) is 7.05 Å². The fourth-order valence-electron chi connectivity index (χ4n) is 2.71. The number of fused-ring (bicyclic) bond motifs is 1. The number of hydrogen-bond acceptors (Lipinski definition) is 1. The molecule has 3 rings (SSSR count). The largest absolute Gasteiger partial charge is 0.313 e. The zero-order valence-electron chi connectivity index (χ0n) is 12.0. The summed E-state index contributed by atoms with van der Waals surface area (Å²) in [5.74, 6) is -0.189. The number of likely N-dealkylation sites (N-methyl/N-ethyl adjacent to an activating group) is 1. The van der Waals surface area contributed by atoms with Crippen LogP contribution in [0.2, 0.25) is 0 Å². The van der Waals surface area contributed by atoms with E-state index in [-0.39, 0.29) is 11.9 Å². The molecule has 1 nitrogen and oxygen atoms in total. The summed E-state index contributed by atoms with van der Waals surface area (Å²) in [5, 5.41) is 5.76. The molecule has 0 spiro atoms. The molecule has 0 saturated carbocycles. The van der Waals surface area contributed by atoms with Crippen molar-refractivity contribution in [3.63, 3.8) is 0 Å². The van der Waals surface area contributed by atoms with Gasteiger partial charge in [0.25, 0.3) is 0 Å². The Morgan fingerprint density at radius 1 is 0.905 bits per heavy atom. The van der Waals surface area contributed by atoms with Gasteiger partial charge in [-0.3, -0.25) is 0 Å². The quantitative estimate of drug-likeness (QED) is 0.742. The molecule has 0 aliphatic rings. The van der Waals surface area contributed by atoms with Gasteiger partial charge in [0.2, 0.25) is 0 Å². The molecule has 1 unspecified atom stereocenters. The van der Waals surface area contributed by atoms with Crippen LogP contribution in [0.4, 0.5) is 4.39 Å². The Hall–Kier alpha value is -2.19. The van der Waals surface area contributed by atoms with Crippen LogP contribution in [0.3, 0.4) is 0 Å². The number of halogens is 1. The van der Waals surface area contributed by atoms with E-state index in [0.717, 1.165) is 12.0 Å². The second kappa shape index (κ2) is 6.06. The van der Waals surface area contributed by atoms with Crippen molar-refractivity contribution >= 4 is 10.8 Å². The van der Waals surface area contributed by atoms with Gasteiger partial charge in [-0.15, -0.1) is 0 Å². The highest BCUT2D eigenvalue weighted by Gasteiger charge is 2.11. The molecule has 3 aromatic rings. The average Bonchev–Trinajstić information content (AvgIpc) is 2.52. The minimum atomic E-state index is -0.189. The third-order valence-corrected chi connectivity index (χ3v) is 3.85. The van der Waals surface area contributed by atoms with E-state index >= 15 is 0 Å². The van der Waals surface area contributed by atoms with Gasteiger partial charge in [0.15, 0.2) is 0 Å². The summed E-state index contributed by atoms with van der Waals surface area (Å²) in [4.78, 5) is 0. The van der Waals surface area contributed by atoms with E-state index in [9.17, 15) is 4.39 Å². The highest BCUT2D eigenvalue weighted by molar-refractivity contribution is 5.83. The topological polar surface area (TPSA) is 12.0 Å². The minimum absolute atomic E-state index is 0.113. The smallest absolute Gasteiger partial charge is 0.123 e. The monoisotopic (exact) mass is 279 g/mol. The molecule has 1 N–H and O–H groups in total. The lowest BCUT2D eigenvalue weighted by Gasteiger charge is -2.17. The Morgan fingerprint density at radius 3 is 2.48 bits per heavy atom. The molecule has 0 radical (unpaired) electrons. The van der Waals surface area contributed by atoms with Crippen LogP contribution in [0.25, 0.3) is 10.8 Å². The Labute approximate surface area is 124 Å². The molecule has 106 valence electrons. The Morgan fingerprint density at radius 2 is 1.71 bits per heavy atom. The third kappa shape index (κ3) is 3.11. The molecule has 0 saturated heterocycles. The lowest BCUT2D eigenvalue weighted by molar-refractivity contribution is 0.577. The molecule has 1 atom stereocenters. The van der Waals surface area contributed by atoms with Gasteiger partial charge >= 0.3 is 0 Å². The normalized spacial score (nSPS) is 12.5. The first-order chi connectivity index (χ1) is 10.3. The van der Waals surface area contributed by atoms with Crippen molar-refractivity contribution in [2.75, 3.05) is 7.05 Å². The van der Waals surface area contributed by atoms with Gasteiger partial charge in [0.05, 0.1) is 0 Å². The van der Waals surface area contributed by atoms with Crippen LogP contribution in [0.5, 0.6) is 0 Å². The van der Waals surface area contributed by atoms with Crippen molar-refractivity contribution in [2.45, 2.75) is 12.5 Å². The SMILES string of the molecule is CNC(Cc1ccc2ccccc2c1)c1cccc(F)c1. The van der Waals surface area contributed by atoms with Crippen molar-refractivity contribution in [1.29, 1.82) is 0 Å². The number of benzene rings is 3. The molecule has 0 amide bonds. The van der Waals surface area contributed by atoms with Crippen molar-refractivity contribution < 1.29 is 4.39 Å². The highest BCUT2D eigenvalue weighted by Crippen LogP contribution is 2.22. The molecule has 0 bridgehead atoms. The fraction of sp³-hybridized carbons (Fsp3) is 0.158. The minimum Gasteiger partial charge on any atom is -0.313 e. The molecular formula is C19H18FN. The molecule has 0 aromatic heterocycles. The maximum atomic E-state index is 13.4. The van der Waals surface area contributed by atoms with Crippen LogP contribution < -0.4 is 5.32 Å². The van der Waals surface area contributed by atoms with Crippen LogP contribution in [0, 0.1) is 5.82 Å². The standard InChI is InChI=1S/C19H18FN/c1-21-19(17-7-4-8-18(20)13-17)12-14-9-10-15-5-2-3-6-16(15)11-14/h2-11,13,19,21H,12H2,1H3. The zero-order valence-corrected chi connectivity index (χ0v) is 12.0. The summed E-state index contributed by atoms with van der Waals surface area (Å²) in [6, 6.07) is 21.7. The maximum Gasteiger partial charge on any atom is 0.123 e. The molecule has 0 aliphatic carbocycles.